The second-order valence-electron chi connectivity index (χ2n) is 2.85. The second-order valence-corrected chi connectivity index (χ2v) is 2.85. The van der Waals surface area contributed by atoms with E-state index in [-0.39, 0.29) is 24.9 Å². The lowest BCUT2D eigenvalue weighted by atomic mass is 10.3. The topological polar surface area (TPSA) is 93.2 Å². The van der Waals surface area contributed by atoms with Crippen LogP contribution in [0.2, 0.25) is 0 Å². The van der Waals surface area contributed by atoms with E-state index in [0.29, 0.717) is 6.54 Å². The van der Waals surface area contributed by atoms with Crippen molar-refractivity contribution in [1.82, 2.24) is 14.9 Å². The van der Waals surface area contributed by atoms with Gasteiger partial charge in [-0.2, -0.15) is 0 Å². The highest BCUT2D eigenvalue weighted by Gasteiger charge is 2.16. The highest BCUT2D eigenvalue weighted by molar-refractivity contribution is 5.85. The first-order chi connectivity index (χ1) is 6.65. The Hall–Kier alpha value is -1.18. The summed E-state index contributed by atoms with van der Waals surface area (Å²) in [5.41, 5.74) is 0. The molecule has 0 saturated carbocycles. The van der Waals surface area contributed by atoms with Crippen molar-refractivity contribution in [2.75, 3.05) is 13.6 Å². The molecule has 0 spiro atoms. The molecule has 0 aromatic carbocycles. The Labute approximate surface area is 92.7 Å². The predicted molar refractivity (Wildman–Crippen MR) is 56.1 cm³/mol. The number of imidazole rings is 1. The molecule has 0 aliphatic rings. The number of hydrogen-bond donors (Lipinski definition) is 2. The highest BCUT2D eigenvalue weighted by Crippen LogP contribution is 2.07. The number of nitrogens with zero attached hydrogens (tertiary/aromatic N) is 3. The molecule has 1 aromatic rings. The molecule has 0 aliphatic heterocycles. The molecule has 0 amide bonds. The van der Waals surface area contributed by atoms with Crippen LogP contribution >= 0.6 is 12.4 Å². The maximum absolute atomic E-state index is 10.4. The van der Waals surface area contributed by atoms with Crippen LogP contribution in [0, 0.1) is 10.1 Å². The van der Waals surface area contributed by atoms with Gasteiger partial charge in [-0.1, -0.05) is 4.98 Å². The van der Waals surface area contributed by atoms with Gasteiger partial charge in [0.05, 0.1) is 12.6 Å². The quantitative estimate of drug-likeness (QED) is 0.545. The van der Waals surface area contributed by atoms with Crippen molar-refractivity contribution in [3.8, 4) is 0 Å². The first kappa shape index (κ1) is 13.8. The number of nitrogens with one attached hydrogen (secondary N) is 1. The molecule has 0 saturated heterocycles. The molecule has 0 fully saturated rings. The van der Waals surface area contributed by atoms with Crippen LogP contribution in [-0.4, -0.2) is 39.3 Å². The maximum Gasteiger partial charge on any atom is 0.434 e. The highest BCUT2D eigenvalue weighted by atomic mass is 35.5. The van der Waals surface area contributed by atoms with Crippen molar-refractivity contribution < 1.29 is 10.0 Å². The van der Waals surface area contributed by atoms with Crippen LogP contribution in [0.3, 0.4) is 0 Å². The summed E-state index contributed by atoms with van der Waals surface area (Å²) >= 11 is 0. The van der Waals surface area contributed by atoms with E-state index in [1.54, 1.807) is 7.05 Å². The molecule has 15 heavy (non-hydrogen) atoms. The van der Waals surface area contributed by atoms with Crippen LogP contribution in [0.25, 0.3) is 0 Å². The van der Waals surface area contributed by atoms with Gasteiger partial charge in [-0.05, 0) is 12.0 Å². The zero-order chi connectivity index (χ0) is 10.6. The molecular weight excluding hydrogens is 224 g/mol. The first-order valence-electron chi connectivity index (χ1n) is 4.13. The summed E-state index contributed by atoms with van der Waals surface area (Å²) in [7, 11) is 1.70. The third-order valence-corrected chi connectivity index (χ3v) is 1.70. The van der Waals surface area contributed by atoms with Gasteiger partial charge in [0, 0.05) is 6.54 Å². The van der Waals surface area contributed by atoms with Crippen LogP contribution < -0.4 is 5.32 Å². The van der Waals surface area contributed by atoms with Crippen molar-refractivity contribution in [3.05, 3.63) is 22.5 Å². The van der Waals surface area contributed by atoms with E-state index in [9.17, 15) is 15.2 Å². The Morgan fingerprint density at radius 3 is 3.00 bits per heavy atom. The monoisotopic (exact) mass is 236 g/mol. The smallest absolute Gasteiger partial charge is 0.390 e. The zero-order valence-corrected chi connectivity index (χ0v) is 8.98. The van der Waals surface area contributed by atoms with Crippen LogP contribution in [0.15, 0.2) is 12.4 Å². The predicted octanol–water partition coefficient (Wildman–Crippen LogP) is -0.207. The molecule has 1 aromatic heterocycles. The van der Waals surface area contributed by atoms with Gasteiger partial charge in [0.1, 0.15) is 12.4 Å². The van der Waals surface area contributed by atoms with Gasteiger partial charge in [-0.3, -0.25) is 0 Å². The number of aromatic nitrogens is 2. The standard InChI is InChI=1S/C7H12N4O3.ClH/c1-8-4-6(12)5-10-3-2-9-7(10)11(13)14;/h2-3,6,8,12H,4-5H2,1H3;1H. The van der Waals surface area contributed by atoms with E-state index in [1.165, 1.54) is 17.0 Å². The summed E-state index contributed by atoms with van der Waals surface area (Å²) in [4.78, 5) is 13.4. The van der Waals surface area contributed by atoms with Gasteiger partial charge in [0.15, 0.2) is 0 Å². The largest absolute Gasteiger partial charge is 0.434 e. The average Bonchev–Trinajstić information content (AvgIpc) is 2.52. The van der Waals surface area contributed by atoms with Crippen LogP contribution in [0.5, 0.6) is 0 Å². The molecule has 8 heteroatoms. The fourth-order valence-corrected chi connectivity index (χ4v) is 1.14. The molecule has 1 unspecified atom stereocenters. The van der Waals surface area contributed by atoms with Crippen molar-refractivity contribution in [2.24, 2.45) is 0 Å². The third kappa shape index (κ3) is 3.82. The Bertz CT molecular complexity index is 317. The van der Waals surface area contributed by atoms with Gasteiger partial charge in [0.25, 0.3) is 0 Å². The van der Waals surface area contributed by atoms with Crippen LogP contribution in [0.4, 0.5) is 5.95 Å². The fourth-order valence-electron chi connectivity index (χ4n) is 1.14. The molecule has 0 bridgehead atoms. The third-order valence-electron chi connectivity index (χ3n) is 1.70. The van der Waals surface area contributed by atoms with Crippen LogP contribution in [-0.2, 0) is 6.54 Å². The fraction of sp³-hybridized carbons (Fsp3) is 0.571. The molecule has 1 atom stereocenters. The van der Waals surface area contributed by atoms with Gasteiger partial charge in [-0.15, -0.1) is 12.4 Å². The van der Waals surface area contributed by atoms with E-state index in [2.05, 4.69) is 10.3 Å². The number of halogens is 1. The van der Waals surface area contributed by atoms with E-state index in [0.717, 1.165) is 0 Å². The number of hydrogen-bond acceptors (Lipinski definition) is 5. The summed E-state index contributed by atoms with van der Waals surface area (Å²) in [5, 5.41) is 22.6. The Balaban J connectivity index is 0.00000196. The van der Waals surface area contributed by atoms with Gasteiger partial charge < -0.3 is 20.5 Å². The van der Waals surface area contributed by atoms with Gasteiger partial charge >= 0.3 is 5.95 Å². The summed E-state index contributed by atoms with van der Waals surface area (Å²) in [5.74, 6) is -0.250. The average molecular weight is 237 g/mol. The van der Waals surface area contributed by atoms with E-state index >= 15 is 0 Å². The summed E-state index contributed by atoms with van der Waals surface area (Å²) in [6.45, 7) is 0.548. The molecule has 7 nitrogen and oxygen atoms in total. The molecular formula is C7H13ClN4O3. The molecule has 0 aliphatic carbocycles. The normalized spacial score (nSPS) is 11.9. The van der Waals surface area contributed by atoms with E-state index in [4.69, 9.17) is 0 Å². The Morgan fingerprint density at radius 2 is 2.47 bits per heavy atom. The molecule has 1 heterocycles. The minimum Gasteiger partial charge on any atom is -0.390 e. The first-order valence-corrected chi connectivity index (χ1v) is 4.13. The lowest BCUT2D eigenvalue weighted by Gasteiger charge is -2.08. The maximum atomic E-state index is 10.4. The zero-order valence-electron chi connectivity index (χ0n) is 8.16. The molecule has 1 rings (SSSR count). The second kappa shape index (κ2) is 6.33. The van der Waals surface area contributed by atoms with E-state index in [1.807, 2.05) is 0 Å². The minimum atomic E-state index is -0.659. The molecule has 0 radical (unpaired) electrons. The Kier molecular flexibility index (Phi) is 5.83. The number of likely N-dealkylation sites (N-methyl/N-ethyl adjacent to an activating group) is 1. The summed E-state index contributed by atoms with van der Waals surface area (Å²) < 4.78 is 1.31. The Morgan fingerprint density at radius 1 is 1.80 bits per heavy atom. The lowest BCUT2D eigenvalue weighted by Crippen LogP contribution is -2.28. The minimum absolute atomic E-state index is 0. The van der Waals surface area contributed by atoms with Gasteiger partial charge in [0.2, 0.25) is 0 Å². The van der Waals surface area contributed by atoms with E-state index < -0.39 is 11.0 Å². The SMILES string of the molecule is CNCC(O)Cn1ccnc1[N+](=O)[O-].Cl. The van der Waals surface area contributed by atoms with Gasteiger partial charge in [-0.25, -0.2) is 4.57 Å². The number of nitro groups is 1. The van der Waals surface area contributed by atoms with Crippen molar-refractivity contribution in [2.45, 2.75) is 12.6 Å². The number of aliphatic hydroxyl groups excluding tert-OH is 1. The molecule has 2 N–H and O–H groups in total. The lowest BCUT2D eigenvalue weighted by molar-refractivity contribution is -0.397. The van der Waals surface area contributed by atoms with Crippen molar-refractivity contribution >= 4 is 18.4 Å². The summed E-state index contributed by atoms with van der Waals surface area (Å²) in [6.07, 6.45) is 2.15. The van der Waals surface area contributed by atoms with Crippen molar-refractivity contribution in [1.29, 1.82) is 0 Å². The number of aliphatic hydroxyl groups is 1. The number of rotatable bonds is 5. The summed E-state index contributed by atoms with van der Waals surface area (Å²) in [6, 6.07) is 0. The molecule has 86 valence electrons. The van der Waals surface area contributed by atoms with Crippen LogP contribution in [0.1, 0.15) is 0 Å². The van der Waals surface area contributed by atoms with Crippen molar-refractivity contribution in [3.63, 3.8) is 0 Å².